The molecule has 0 spiro atoms. The van der Waals surface area contributed by atoms with E-state index in [1.165, 1.54) is 11.8 Å². The van der Waals surface area contributed by atoms with E-state index < -0.39 is 0 Å². The van der Waals surface area contributed by atoms with Gasteiger partial charge in [0.05, 0.1) is 16.0 Å². The molecule has 2 amide bonds. The smallest absolute Gasteiger partial charge is 0.234 e. The van der Waals surface area contributed by atoms with E-state index in [0.717, 1.165) is 33.2 Å². The molecule has 2 heterocycles. The lowest BCUT2D eigenvalue weighted by atomic mass is 10.2. The number of rotatable bonds is 5. The second-order valence-electron chi connectivity index (χ2n) is 5.98. The Kier molecular flexibility index (Phi) is 4.90. The molecule has 1 saturated heterocycles. The van der Waals surface area contributed by atoms with E-state index in [9.17, 15) is 9.59 Å². The summed E-state index contributed by atoms with van der Waals surface area (Å²) in [6.07, 6.45) is 1.48. The fourth-order valence-corrected chi connectivity index (χ4v) is 4.78. The summed E-state index contributed by atoms with van der Waals surface area (Å²) in [5.74, 6) is 0.353. The van der Waals surface area contributed by atoms with Gasteiger partial charge in [0, 0.05) is 24.3 Å². The minimum absolute atomic E-state index is 0.0841. The summed E-state index contributed by atoms with van der Waals surface area (Å²) in [5, 5.41) is 2.90. The van der Waals surface area contributed by atoms with Gasteiger partial charge in [0.2, 0.25) is 11.8 Å². The number of carbonyl (C=O) groups excluding carboxylic acids is 2. The van der Waals surface area contributed by atoms with Gasteiger partial charge in [-0.3, -0.25) is 9.59 Å². The second kappa shape index (κ2) is 7.47. The maximum absolute atomic E-state index is 12.3. The SMILES string of the molecule is O=C(CSc1nc2ccccc2s1)Nc1cccc(N2CCCC2=O)c1. The molecule has 4 rings (SSSR count). The molecule has 1 aliphatic rings. The van der Waals surface area contributed by atoms with E-state index in [0.29, 0.717) is 17.9 Å². The van der Waals surface area contributed by atoms with Crippen molar-refractivity contribution in [2.24, 2.45) is 0 Å². The Morgan fingerprint density at radius 2 is 2.12 bits per heavy atom. The number of thiazole rings is 1. The van der Waals surface area contributed by atoms with E-state index in [1.807, 2.05) is 48.5 Å². The van der Waals surface area contributed by atoms with Gasteiger partial charge in [-0.1, -0.05) is 30.0 Å². The standard InChI is InChI=1S/C19H17N3O2S2/c23-17(12-25-19-21-15-7-1-2-8-16(15)26-19)20-13-5-3-6-14(11-13)22-10-4-9-18(22)24/h1-3,5-8,11H,4,9-10,12H2,(H,20,23). The van der Waals surface area contributed by atoms with Crippen LogP contribution in [0.25, 0.3) is 10.2 Å². The number of carbonyl (C=O) groups is 2. The summed E-state index contributed by atoms with van der Waals surface area (Å²) < 4.78 is 2.01. The number of aromatic nitrogens is 1. The zero-order chi connectivity index (χ0) is 17.9. The molecule has 0 saturated carbocycles. The quantitative estimate of drug-likeness (QED) is 0.672. The number of hydrogen-bond acceptors (Lipinski definition) is 5. The number of amides is 2. The number of nitrogens with one attached hydrogen (secondary N) is 1. The van der Waals surface area contributed by atoms with Gasteiger partial charge in [-0.15, -0.1) is 11.3 Å². The predicted octanol–water partition coefficient (Wildman–Crippen LogP) is 4.15. The number of fused-ring (bicyclic) bond motifs is 1. The van der Waals surface area contributed by atoms with E-state index in [-0.39, 0.29) is 11.8 Å². The van der Waals surface area contributed by atoms with Gasteiger partial charge < -0.3 is 10.2 Å². The molecule has 0 unspecified atom stereocenters. The number of benzene rings is 2. The highest BCUT2D eigenvalue weighted by Crippen LogP contribution is 2.29. The predicted molar refractivity (Wildman–Crippen MR) is 107 cm³/mol. The van der Waals surface area contributed by atoms with Crippen molar-refractivity contribution in [3.8, 4) is 0 Å². The summed E-state index contributed by atoms with van der Waals surface area (Å²) in [4.78, 5) is 30.4. The first-order chi connectivity index (χ1) is 12.7. The summed E-state index contributed by atoms with van der Waals surface area (Å²) in [6.45, 7) is 0.740. The first-order valence-corrected chi connectivity index (χ1v) is 10.2. The Balaban J connectivity index is 1.38. The van der Waals surface area contributed by atoms with Crippen LogP contribution < -0.4 is 10.2 Å². The van der Waals surface area contributed by atoms with Crippen molar-refractivity contribution in [2.45, 2.75) is 17.2 Å². The number of anilines is 2. The zero-order valence-corrected chi connectivity index (χ0v) is 15.6. The molecule has 132 valence electrons. The summed E-state index contributed by atoms with van der Waals surface area (Å²) >= 11 is 3.03. The lowest BCUT2D eigenvalue weighted by Crippen LogP contribution is -2.23. The van der Waals surface area contributed by atoms with Crippen molar-refractivity contribution in [3.05, 3.63) is 48.5 Å². The lowest BCUT2D eigenvalue weighted by Gasteiger charge is -2.16. The topological polar surface area (TPSA) is 62.3 Å². The van der Waals surface area contributed by atoms with Crippen LogP contribution >= 0.6 is 23.1 Å². The molecule has 5 nitrogen and oxygen atoms in total. The number of para-hydroxylation sites is 1. The number of hydrogen-bond donors (Lipinski definition) is 1. The molecule has 0 radical (unpaired) electrons. The van der Waals surface area contributed by atoms with Crippen LogP contribution in [0.1, 0.15) is 12.8 Å². The largest absolute Gasteiger partial charge is 0.325 e. The molecular formula is C19H17N3O2S2. The lowest BCUT2D eigenvalue weighted by molar-refractivity contribution is -0.117. The van der Waals surface area contributed by atoms with Crippen LogP contribution in [0.5, 0.6) is 0 Å². The van der Waals surface area contributed by atoms with Gasteiger partial charge in [-0.2, -0.15) is 0 Å². The van der Waals surface area contributed by atoms with Crippen LogP contribution in [0, 0.1) is 0 Å². The average molecular weight is 383 g/mol. The van der Waals surface area contributed by atoms with Crippen molar-refractivity contribution >= 4 is 56.5 Å². The van der Waals surface area contributed by atoms with Gasteiger partial charge in [0.1, 0.15) is 0 Å². The van der Waals surface area contributed by atoms with E-state index in [4.69, 9.17) is 0 Å². The molecule has 7 heteroatoms. The second-order valence-corrected chi connectivity index (χ2v) is 8.24. The zero-order valence-electron chi connectivity index (χ0n) is 14.0. The monoisotopic (exact) mass is 383 g/mol. The summed E-state index contributed by atoms with van der Waals surface area (Å²) in [5.41, 5.74) is 2.50. The molecule has 1 fully saturated rings. The molecular weight excluding hydrogens is 366 g/mol. The van der Waals surface area contributed by atoms with Crippen molar-refractivity contribution in [1.82, 2.24) is 4.98 Å². The van der Waals surface area contributed by atoms with Crippen molar-refractivity contribution < 1.29 is 9.59 Å². The minimum atomic E-state index is -0.0841. The molecule has 1 N–H and O–H groups in total. The van der Waals surface area contributed by atoms with E-state index >= 15 is 0 Å². The Morgan fingerprint density at radius 3 is 2.92 bits per heavy atom. The highest BCUT2D eigenvalue weighted by Gasteiger charge is 2.21. The van der Waals surface area contributed by atoms with E-state index in [2.05, 4.69) is 10.3 Å². The third-order valence-electron chi connectivity index (χ3n) is 4.12. The molecule has 1 aromatic heterocycles. The maximum Gasteiger partial charge on any atom is 0.234 e. The number of nitrogens with zero attached hydrogens (tertiary/aromatic N) is 2. The minimum Gasteiger partial charge on any atom is -0.325 e. The molecule has 26 heavy (non-hydrogen) atoms. The highest BCUT2D eigenvalue weighted by molar-refractivity contribution is 8.01. The van der Waals surface area contributed by atoms with Crippen LogP contribution in [-0.4, -0.2) is 29.1 Å². The fraction of sp³-hybridized carbons (Fsp3) is 0.211. The normalized spacial score (nSPS) is 14.2. The Morgan fingerprint density at radius 1 is 1.23 bits per heavy atom. The van der Waals surface area contributed by atoms with Crippen LogP contribution in [0.2, 0.25) is 0 Å². The third-order valence-corrected chi connectivity index (χ3v) is 6.30. The van der Waals surface area contributed by atoms with E-state index in [1.54, 1.807) is 16.2 Å². The summed E-state index contributed by atoms with van der Waals surface area (Å²) in [6, 6.07) is 15.4. The molecule has 1 aliphatic heterocycles. The molecule has 3 aromatic rings. The van der Waals surface area contributed by atoms with Gasteiger partial charge in [-0.05, 0) is 36.8 Å². The summed E-state index contributed by atoms with van der Waals surface area (Å²) in [7, 11) is 0. The van der Waals surface area contributed by atoms with Crippen molar-refractivity contribution in [1.29, 1.82) is 0 Å². The fourth-order valence-electron chi connectivity index (χ4n) is 2.91. The molecule has 0 atom stereocenters. The van der Waals surface area contributed by atoms with Crippen molar-refractivity contribution in [2.75, 3.05) is 22.5 Å². The Hall–Kier alpha value is -2.38. The molecule has 0 bridgehead atoms. The van der Waals surface area contributed by atoms with Gasteiger partial charge in [0.15, 0.2) is 4.34 Å². The van der Waals surface area contributed by atoms with Gasteiger partial charge in [-0.25, -0.2) is 4.98 Å². The van der Waals surface area contributed by atoms with Crippen molar-refractivity contribution in [3.63, 3.8) is 0 Å². The average Bonchev–Trinajstić information content (AvgIpc) is 3.25. The van der Waals surface area contributed by atoms with Gasteiger partial charge in [0.25, 0.3) is 0 Å². The van der Waals surface area contributed by atoms with Gasteiger partial charge >= 0.3 is 0 Å². The maximum atomic E-state index is 12.3. The first kappa shape index (κ1) is 17.1. The Bertz CT molecular complexity index is 937. The van der Waals surface area contributed by atoms with Crippen LogP contribution in [0.15, 0.2) is 52.9 Å². The number of thioether (sulfide) groups is 1. The van der Waals surface area contributed by atoms with Crippen LogP contribution in [-0.2, 0) is 9.59 Å². The van der Waals surface area contributed by atoms with Crippen LogP contribution in [0.3, 0.4) is 0 Å². The molecule has 0 aliphatic carbocycles. The van der Waals surface area contributed by atoms with Crippen LogP contribution in [0.4, 0.5) is 11.4 Å². The highest BCUT2D eigenvalue weighted by atomic mass is 32.2. The first-order valence-electron chi connectivity index (χ1n) is 8.38. The third kappa shape index (κ3) is 3.73. The molecule has 2 aromatic carbocycles. The Labute approximate surface area is 159 Å².